The van der Waals surface area contributed by atoms with E-state index in [4.69, 9.17) is 0 Å². The van der Waals surface area contributed by atoms with Crippen LogP contribution >= 0.6 is 0 Å². The van der Waals surface area contributed by atoms with E-state index in [1.165, 1.54) is 0 Å². The first-order chi connectivity index (χ1) is 6.50. The lowest BCUT2D eigenvalue weighted by molar-refractivity contribution is -0.386. The van der Waals surface area contributed by atoms with Crippen molar-refractivity contribution < 1.29 is 22.8 Å². The molecule has 0 aromatic heterocycles. The number of nitro groups is 1. The van der Waals surface area contributed by atoms with Gasteiger partial charge in [0.15, 0.2) is 0 Å². The zero-order chi connectivity index (χ0) is 10.7. The molecule has 0 spiro atoms. The van der Waals surface area contributed by atoms with Crippen molar-refractivity contribution in [2.45, 2.75) is 6.61 Å². The van der Waals surface area contributed by atoms with E-state index in [-0.39, 0.29) is 0 Å². The third kappa shape index (κ3) is 2.35. The third-order valence-electron chi connectivity index (χ3n) is 1.33. The summed E-state index contributed by atoms with van der Waals surface area (Å²) in [7, 11) is 0. The number of hydrogen-bond acceptors (Lipinski definition) is 3. The number of rotatable bonds is 3. The summed E-state index contributed by atoms with van der Waals surface area (Å²) >= 11 is 0. The Bertz CT molecular complexity index is 356. The predicted octanol–water partition coefficient (Wildman–Crippen LogP) is 2.34. The lowest BCUT2D eigenvalue weighted by Gasteiger charge is -2.04. The molecule has 1 rings (SSSR count). The maximum atomic E-state index is 12.5. The van der Waals surface area contributed by atoms with Gasteiger partial charge < -0.3 is 4.74 Å². The second kappa shape index (κ2) is 3.95. The van der Waals surface area contributed by atoms with Crippen LogP contribution in [0.3, 0.4) is 0 Å². The lowest BCUT2D eigenvalue weighted by Crippen LogP contribution is -2.04. The lowest BCUT2D eigenvalue weighted by atomic mass is 10.3. The molecule has 0 aliphatic rings. The highest BCUT2D eigenvalue weighted by molar-refractivity contribution is 5.46. The fourth-order valence-electron chi connectivity index (χ4n) is 0.829. The highest BCUT2D eigenvalue weighted by Gasteiger charge is 2.18. The van der Waals surface area contributed by atoms with Crippen LogP contribution < -0.4 is 4.74 Å². The highest BCUT2D eigenvalue weighted by Crippen LogP contribution is 2.28. The number of alkyl halides is 2. The second-order valence-corrected chi connectivity index (χ2v) is 2.25. The minimum absolute atomic E-state index is 0.512. The highest BCUT2D eigenvalue weighted by atomic mass is 19.3. The first-order valence-corrected chi connectivity index (χ1v) is 3.39. The van der Waals surface area contributed by atoms with Crippen LogP contribution in [0.15, 0.2) is 18.2 Å². The number of halogens is 3. The maximum Gasteiger partial charge on any atom is 0.387 e. The summed E-state index contributed by atoms with van der Waals surface area (Å²) in [5, 5.41) is 10.3. The Morgan fingerprint density at radius 3 is 2.57 bits per heavy atom. The SMILES string of the molecule is O=[N+]([O-])c1cc(F)ccc1OC(F)F. The molecule has 0 bridgehead atoms. The normalized spacial score (nSPS) is 10.3. The molecule has 0 amide bonds. The molecular formula is C7H4F3NO3. The molecule has 1 aromatic carbocycles. The van der Waals surface area contributed by atoms with E-state index in [1.807, 2.05) is 0 Å². The predicted molar refractivity (Wildman–Crippen MR) is 39.7 cm³/mol. The van der Waals surface area contributed by atoms with Crippen molar-refractivity contribution in [1.82, 2.24) is 0 Å². The van der Waals surface area contributed by atoms with E-state index in [0.29, 0.717) is 6.07 Å². The van der Waals surface area contributed by atoms with E-state index in [2.05, 4.69) is 4.74 Å². The van der Waals surface area contributed by atoms with Crippen molar-refractivity contribution in [2.75, 3.05) is 0 Å². The topological polar surface area (TPSA) is 52.4 Å². The van der Waals surface area contributed by atoms with Crippen LogP contribution in [0, 0.1) is 15.9 Å². The van der Waals surface area contributed by atoms with Crippen LogP contribution in [0.1, 0.15) is 0 Å². The largest absolute Gasteiger partial charge is 0.427 e. The van der Waals surface area contributed by atoms with Crippen molar-refractivity contribution >= 4 is 5.69 Å². The van der Waals surface area contributed by atoms with Gasteiger partial charge >= 0.3 is 12.3 Å². The molecule has 7 heteroatoms. The average Bonchev–Trinajstić information content (AvgIpc) is 2.07. The summed E-state index contributed by atoms with van der Waals surface area (Å²) in [4.78, 5) is 9.27. The Morgan fingerprint density at radius 2 is 2.07 bits per heavy atom. The van der Waals surface area contributed by atoms with Gasteiger partial charge in [0.2, 0.25) is 5.75 Å². The van der Waals surface area contributed by atoms with Gasteiger partial charge in [0.05, 0.1) is 11.0 Å². The monoisotopic (exact) mass is 207 g/mol. The van der Waals surface area contributed by atoms with Crippen molar-refractivity contribution in [3.63, 3.8) is 0 Å². The van der Waals surface area contributed by atoms with Crippen LogP contribution in [-0.2, 0) is 0 Å². The Kier molecular flexibility index (Phi) is 2.90. The molecule has 4 nitrogen and oxygen atoms in total. The molecule has 0 N–H and O–H groups in total. The smallest absolute Gasteiger partial charge is 0.387 e. The standard InChI is InChI=1S/C7H4F3NO3/c8-4-1-2-6(14-7(9)10)5(3-4)11(12)13/h1-3,7H. The van der Waals surface area contributed by atoms with Crippen LogP contribution in [-0.4, -0.2) is 11.5 Å². The van der Waals surface area contributed by atoms with Gasteiger partial charge in [-0.2, -0.15) is 8.78 Å². The fraction of sp³-hybridized carbons (Fsp3) is 0.143. The minimum Gasteiger partial charge on any atom is -0.427 e. The van der Waals surface area contributed by atoms with E-state index >= 15 is 0 Å². The average molecular weight is 207 g/mol. The molecular weight excluding hydrogens is 203 g/mol. The Hall–Kier alpha value is -1.79. The second-order valence-electron chi connectivity index (χ2n) is 2.25. The Morgan fingerprint density at radius 1 is 1.43 bits per heavy atom. The van der Waals surface area contributed by atoms with Gasteiger partial charge in [-0.1, -0.05) is 0 Å². The zero-order valence-corrected chi connectivity index (χ0v) is 6.62. The molecule has 0 heterocycles. The number of benzene rings is 1. The molecule has 14 heavy (non-hydrogen) atoms. The van der Waals surface area contributed by atoms with Crippen molar-refractivity contribution in [2.24, 2.45) is 0 Å². The summed E-state index contributed by atoms with van der Waals surface area (Å²) in [6.45, 7) is -3.18. The summed E-state index contributed by atoms with van der Waals surface area (Å²) in [6, 6.07) is 2.09. The molecule has 0 aliphatic heterocycles. The minimum atomic E-state index is -3.18. The van der Waals surface area contributed by atoms with Crippen molar-refractivity contribution in [3.05, 3.63) is 34.1 Å². The van der Waals surface area contributed by atoms with E-state index in [0.717, 1.165) is 12.1 Å². The van der Waals surface area contributed by atoms with Crippen LogP contribution in [0.2, 0.25) is 0 Å². The van der Waals surface area contributed by atoms with Gasteiger partial charge in [0.25, 0.3) is 0 Å². The van der Waals surface area contributed by atoms with E-state index in [1.54, 1.807) is 0 Å². The van der Waals surface area contributed by atoms with Crippen LogP contribution in [0.25, 0.3) is 0 Å². The van der Waals surface area contributed by atoms with Crippen LogP contribution in [0.5, 0.6) is 5.75 Å². The van der Waals surface area contributed by atoms with Gasteiger partial charge in [-0.25, -0.2) is 4.39 Å². The molecule has 0 fully saturated rings. The maximum absolute atomic E-state index is 12.5. The summed E-state index contributed by atoms with van der Waals surface area (Å²) in [5.41, 5.74) is -0.828. The van der Waals surface area contributed by atoms with Crippen molar-refractivity contribution in [3.8, 4) is 5.75 Å². The molecule has 0 atom stereocenters. The molecule has 1 aromatic rings. The third-order valence-corrected chi connectivity index (χ3v) is 1.33. The van der Waals surface area contributed by atoms with E-state index < -0.39 is 28.8 Å². The van der Waals surface area contributed by atoms with Gasteiger partial charge in [-0.05, 0) is 12.1 Å². The number of hydrogen-bond donors (Lipinski definition) is 0. The van der Waals surface area contributed by atoms with Crippen LogP contribution in [0.4, 0.5) is 18.9 Å². The fourth-order valence-corrected chi connectivity index (χ4v) is 0.829. The van der Waals surface area contributed by atoms with Gasteiger partial charge in [0.1, 0.15) is 5.82 Å². The molecule has 0 unspecified atom stereocenters. The number of nitro benzene ring substituents is 1. The first kappa shape index (κ1) is 10.3. The molecule has 0 radical (unpaired) electrons. The quantitative estimate of drug-likeness (QED) is 0.564. The Labute approximate surface area is 76.1 Å². The van der Waals surface area contributed by atoms with E-state index in [9.17, 15) is 23.3 Å². The van der Waals surface area contributed by atoms with Gasteiger partial charge in [-0.3, -0.25) is 10.1 Å². The molecule has 76 valence electrons. The molecule has 0 saturated heterocycles. The summed E-state index contributed by atoms with van der Waals surface area (Å²) in [6.07, 6.45) is 0. The van der Waals surface area contributed by atoms with Gasteiger partial charge in [-0.15, -0.1) is 0 Å². The number of nitrogens with zero attached hydrogens (tertiary/aromatic N) is 1. The summed E-state index contributed by atoms with van der Waals surface area (Å²) in [5.74, 6) is -1.55. The molecule has 0 saturated carbocycles. The van der Waals surface area contributed by atoms with Gasteiger partial charge in [0, 0.05) is 0 Å². The number of ether oxygens (including phenoxy) is 1. The Balaban J connectivity index is 3.08. The summed E-state index contributed by atoms with van der Waals surface area (Å²) < 4.78 is 39.8. The molecule has 0 aliphatic carbocycles. The van der Waals surface area contributed by atoms with Crippen molar-refractivity contribution in [1.29, 1.82) is 0 Å². The first-order valence-electron chi connectivity index (χ1n) is 3.39. The zero-order valence-electron chi connectivity index (χ0n) is 6.62.